The minimum atomic E-state index is -4.44. The molecule has 9 heteroatoms. The summed E-state index contributed by atoms with van der Waals surface area (Å²) in [6.07, 6.45) is -2.86. The molecule has 0 aliphatic carbocycles. The van der Waals surface area contributed by atoms with Crippen LogP contribution in [0, 0.1) is 5.92 Å². The molecule has 1 aliphatic rings. The van der Waals surface area contributed by atoms with Gasteiger partial charge in [0.1, 0.15) is 11.5 Å². The van der Waals surface area contributed by atoms with Gasteiger partial charge in [0.05, 0.1) is 16.2 Å². The van der Waals surface area contributed by atoms with Crippen LogP contribution >= 0.6 is 23.4 Å². The molecular weight excluding hydrogens is 485 g/mol. The van der Waals surface area contributed by atoms with E-state index >= 15 is 0 Å². The maximum atomic E-state index is 13.1. The first-order valence-electron chi connectivity index (χ1n) is 10.4. The van der Waals surface area contributed by atoms with Crippen LogP contribution in [-0.4, -0.2) is 22.5 Å². The zero-order valence-corrected chi connectivity index (χ0v) is 19.8. The van der Waals surface area contributed by atoms with E-state index in [1.54, 1.807) is 53.4 Å². The summed E-state index contributed by atoms with van der Waals surface area (Å²) in [5, 5.41) is 1.13. The van der Waals surface area contributed by atoms with Gasteiger partial charge in [-0.3, -0.25) is 9.69 Å². The number of carbonyl (C=O) groups is 1. The van der Waals surface area contributed by atoms with E-state index < -0.39 is 11.7 Å². The Balaban J connectivity index is 1.62. The van der Waals surface area contributed by atoms with Crippen molar-refractivity contribution in [1.29, 1.82) is 0 Å². The normalized spacial score (nSPS) is 16.9. The van der Waals surface area contributed by atoms with E-state index in [0.29, 0.717) is 38.7 Å². The number of hydrogen-bond acceptors (Lipinski definition) is 4. The maximum absolute atomic E-state index is 13.1. The van der Waals surface area contributed by atoms with Gasteiger partial charge in [-0.05, 0) is 66.2 Å². The Bertz CT molecular complexity index is 1260. The number of hydrogen-bond donors (Lipinski definition) is 0. The van der Waals surface area contributed by atoms with Crippen LogP contribution in [0.5, 0.6) is 0 Å². The minimum Gasteiger partial charge on any atom is -0.457 e. The summed E-state index contributed by atoms with van der Waals surface area (Å²) >= 11 is 7.17. The number of amidine groups is 1. The van der Waals surface area contributed by atoms with Gasteiger partial charge in [-0.25, -0.2) is 4.99 Å². The second-order valence-electron chi connectivity index (χ2n) is 8.07. The molecule has 176 valence electrons. The minimum absolute atomic E-state index is 0.205. The van der Waals surface area contributed by atoms with Crippen LogP contribution in [0.15, 0.2) is 75.0 Å². The second kappa shape index (κ2) is 9.72. The quantitative estimate of drug-likeness (QED) is 0.332. The lowest BCUT2D eigenvalue weighted by atomic mass is 10.1. The molecule has 0 radical (unpaired) electrons. The van der Waals surface area contributed by atoms with Crippen molar-refractivity contribution in [1.82, 2.24) is 4.90 Å². The molecule has 1 aromatic heterocycles. The number of alkyl halides is 3. The maximum Gasteiger partial charge on any atom is 0.416 e. The molecule has 1 fully saturated rings. The summed E-state index contributed by atoms with van der Waals surface area (Å²) < 4.78 is 44.9. The third-order valence-corrected chi connectivity index (χ3v) is 6.12. The van der Waals surface area contributed by atoms with Crippen molar-refractivity contribution < 1.29 is 22.4 Å². The molecule has 3 aromatic rings. The molecule has 34 heavy (non-hydrogen) atoms. The van der Waals surface area contributed by atoms with E-state index in [1.165, 1.54) is 17.8 Å². The fourth-order valence-electron chi connectivity index (χ4n) is 3.31. The van der Waals surface area contributed by atoms with Crippen LogP contribution in [0.3, 0.4) is 0 Å². The van der Waals surface area contributed by atoms with E-state index in [2.05, 4.69) is 4.99 Å². The van der Waals surface area contributed by atoms with Gasteiger partial charge < -0.3 is 4.42 Å². The highest BCUT2D eigenvalue weighted by molar-refractivity contribution is 8.18. The van der Waals surface area contributed by atoms with Gasteiger partial charge in [-0.15, -0.1) is 0 Å². The van der Waals surface area contributed by atoms with Crippen molar-refractivity contribution in [2.45, 2.75) is 20.0 Å². The zero-order chi connectivity index (χ0) is 24.5. The monoisotopic (exact) mass is 504 g/mol. The zero-order valence-electron chi connectivity index (χ0n) is 18.3. The lowest BCUT2D eigenvalue weighted by Crippen LogP contribution is -2.32. The molecule has 1 amide bonds. The predicted molar refractivity (Wildman–Crippen MR) is 130 cm³/mol. The summed E-state index contributed by atoms with van der Waals surface area (Å²) in [6, 6.07) is 15.1. The standard InChI is InChI=1S/C25H20ClF3N2O2S/c1-15(2)14-31-23(32)22(34-24(31)30-19-8-6-18(26)7-9-19)13-20-10-11-21(33-20)16-4-3-5-17(12-16)25(27,28)29/h3-13,15H,14H2,1-2H3/b22-13-,30-24?. The van der Waals surface area contributed by atoms with Crippen LogP contribution in [0.1, 0.15) is 25.2 Å². The number of thioether (sulfide) groups is 1. The van der Waals surface area contributed by atoms with E-state index in [9.17, 15) is 18.0 Å². The average molecular weight is 505 g/mol. The van der Waals surface area contributed by atoms with Crippen LogP contribution < -0.4 is 0 Å². The number of nitrogens with zero attached hydrogens (tertiary/aromatic N) is 2. The predicted octanol–water partition coefficient (Wildman–Crippen LogP) is 7.88. The molecule has 2 aromatic carbocycles. The topological polar surface area (TPSA) is 45.8 Å². The third kappa shape index (κ3) is 5.56. The number of aliphatic imine (C=N–C) groups is 1. The molecule has 0 bridgehead atoms. The van der Waals surface area contributed by atoms with Crippen molar-refractivity contribution >= 4 is 46.2 Å². The van der Waals surface area contributed by atoms with Gasteiger partial charge in [-0.2, -0.15) is 13.2 Å². The number of amides is 1. The van der Waals surface area contributed by atoms with Crippen molar-refractivity contribution in [2.75, 3.05) is 6.54 Å². The van der Waals surface area contributed by atoms with Crippen LogP contribution in [0.2, 0.25) is 5.02 Å². The summed E-state index contributed by atoms with van der Waals surface area (Å²) in [7, 11) is 0. The van der Waals surface area contributed by atoms with Crippen molar-refractivity contribution in [2.24, 2.45) is 10.9 Å². The highest BCUT2D eigenvalue weighted by Crippen LogP contribution is 2.36. The van der Waals surface area contributed by atoms with E-state index in [0.717, 1.165) is 12.1 Å². The first-order chi connectivity index (χ1) is 16.1. The van der Waals surface area contributed by atoms with E-state index in [1.807, 2.05) is 13.8 Å². The SMILES string of the molecule is CC(C)CN1C(=O)/C(=C/c2ccc(-c3cccc(C(F)(F)F)c3)o2)SC1=Nc1ccc(Cl)cc1. The Morgan fingerprint density at radius 1 is 1.12 bits per heavy atom. The highest BCUT2D eigenvalue weighted by atomic mass is 35.5. The summed E-state index contributed by atoms with van der Waals surface area (Å²) in [6.45, 7) is 4.50. The van der Waals surface area contributed by atoms with Gasteiger partial charge in [0.15, 0.2) is 5.17 Å². The fourth-order valence-corrected chi connectivity index (χ4v) is 4.42. The fraction of sp³-hybridized carbons (Fsp3) is 0.200. The summed E-state index contributed by atoms with van der Waals surface area (Å²) in [4.78, 5) is 19.7. The molecule has 1 saturated heterocycles. The molecule has 1 aliphatic heterocycles. The molecular formula is C25H20ClF3N2O2S. The smallest absolute Gasteiger partial charge is 0.416 e. The Kier molecular flexibility index (Phi) is 6.91. The van der Waals surface area contributed by atoms with Gasteiger partial charge in [0.25, 0.3) is 5.91 Å². The lowest BCUT2D eigenvalue weighted by molar-refractivity contribution is -0.137. The van der Waals surface area contributed by atoms with Crippen LogP contribution in [-0.2, 0) is 11.0 Å². The molecule has 4 rings (SSSR count). The van der Waals surface area contributed by atoms with E-state index in [4.69, 9.17) is 16.0 Å². The number of furan rings is 1. The third-order valence-electron chi connectivity index (χ3n) is 4.86. The summed E-state index contributed by atoms with van der Waals surface area (Å²) in [5.41, 5.74) is 0.214. The van der Waals surface area contributed by atoms with Crippen LogP contribution in [0.25, 0.3) is 17.4 Å². The Morgan fingerprint density at radius 3 is 2.53 bits per heavy atom. The van der Waals surface area contributed by atoms with Crippen molar-refractivity contribution in [3.05, 3.63) is 81.9 Å². The Morgan fingerprint density at radius 2 is 1.85 bits per heavy atom. The first-order valence-corrected chi connectivity index (χ1v) is 11.6. The van der Waals surface area contributed by atoms with Gasteiger partial charge in [0, 0.05) is 23.2 Å². The lowest BCUT2D eigenvalue weighted by Gasteiger charge is -2.17. The Hall–Kier alpha value is -2.97. The molecule has 0 unspecified atom stereocenters. The number of carbonyl (C=O) groups excluding carboxylic acids is 1. The van der Waals surface area contributed by atoms with Gasteiger partial charge >= 0.3 is 6.18 Å². The van der Waals surface area contributed by atoms with Gasteiger partial charge in [-0.1, -0.05) is 37.6 Å². The average Bonchev–Trinajstić information content (AvgIpc) is 3.35. The summed E-state index contributed by atoms with van der Waals surface area (Å²) in [5.74, 6) is 0.655. The molecule has 2 heterocycles. The van der Waals surface area contributed by atoms with E-state index in [-0.39, 0.29) is 17.6 Å². The number of halogens is 4. The number of rotatable bonds is 5. The Labute approximate surface area is 204 Å². The molecule has 0 spiro atoms. The largest absolute Gasteiger partial charge is 0.457 e. The first kappa shape index (κ1) is 24.2. The number of benzene rings is 2. The highest BCUT2D eigenvalue weighted by Gasteiger charge is 2.34. The van der Waals surface area contributed by atoms with Gasteiger partial charge in [0.2, 0.25) is 0 Å². The van der Waals surface area contributed by atoms with Crippen molar-refractivity contribution in [3.8, 4) is 11.3 Å². The van der Waals surface area contributed by atoms with Crippen molar-refractivity contribution in [3.63, 3.8) is 0 Å². The van der Waals surface area contributed by atoms with Crippen LogP contribution in [0.4, 0.5) is 18.9 Å². The molecule has 0 N–H and O–H groups in total. The molecule has 4 nitrogen and oxygen atoms in total. The molecule has 0 atom stereocenters. The molecule has 0 saturated carbocycles. The second-order valence-corrected chi connectivity index (χ2v) is 9.52.